The van der Waals surface area contributed by atoms with Gasteiger partial charge in [0.15, 0.2) is 0 Å². The highest BCUT2D eigenvalue weighted by molar-refractivity contribution is 5.88. The van der Waals surface area contributed by atoms with Gasteiger partial charge >= 0.3 is 18.2 Å². The number of hydrogen-bond donors (Lipinski definition) is 0. The minimum Gasteiger partial charge on any atom is -0.444 e. The van der Waals surface area contributed by atoms with E-state index in [0.717, 1.165) is 12.8 Å². The van der Waals surface area contributed by atoms with Crippen molar-refractivity contribution in [2.75, 3.05) is 13.2 Å². The standard InChI is InChI=1S/C14H23NO6/c1-5-19-13(18)20-11(16)10-8-6-7-9-15(10)12(17)21-14(2,3)4/h10H,5-9H2,1-4H3. The second kappa shape index (κ2) is 7.28. The lowest BCUT2D eigenvalue weighted by Crippen LogP contribution is -2.50. The van der Waals surface area contributed by atoms with Gasteiger partial charge in [-0.3, -0.25) is 4.90 Å². The zero-order valence-corrected chi connectivity index (χ0v) is 13.0. The Morgan fingerprint density at radius 2 is 1.86 bits per heavy atom. The SMILES string of the molecule is CCOC(=O)OC(=O)C1CCCCN1C(=O)OC(C)(C)C. The molecule has 7 nitrogen and oxygen atoms in total. The van der Waals surface area contributed by atoms with Crippen LogP contribution in [0.4, 0.5) is 9.59 Å². The van der Waals surface area contributed by atoms with E-state index in [4.69, 9.17) is 4.74 Å². The van der Waals surface area contributed by atoms with Gasteiger partial charge in [-0.1, -0.05) is 0 Å². The van der Waals surface area contributed by atoms with Crippen LogP contribution in [-0.4, -0.2) is 47.9 Å². The van der Waals surface area contributed by atoms with E-state index in [1.165, 1.54) is 4.90 Å². The molecule has 1 heterocycles. The molecule has 0 saturated carbocycles. The molecule has 0 aliphatic carbocycles. The maximum atomic E-state index is 12.1. The second-order valence-corrected chi connectivity index (χ2v) is 5.79. The van der Waals surface area contributed by atoms with Gasteiger partial charge in [-0.15, -0.1) is 0 Å². The lowest BCUT2D eigenvalue weighted by molar-refractivity contribution is -0.147. The monoisotopic (exact) mass is 301 g/mol. The van der Waals surface area contributed by atoms with Gasteiger partial charge in [-0.05, 0) is 47.0 Å². The normalized spacial score (nSPS) is 18.9. The molecule has 120 valence electrons. The van der Waals surface area contributed by atoms with Crippen molar-refractivity contribution in [2.24, 2.45) is 0 Å². The summed E-state index contributed by atoms with van der Waals surface area (Å²) in [6.45, 7) is 7.38. The average molecular weight is 301 g/mol. The van der Waals surface area contributed by atoms with Crippen LogP contribution in [0.3, 0.4) is 0 Å². The molecule has 0 aromatic rings. The number of ether oxygens (including phenoxy) is 3. The highest BCUT2D eigenvalue weighted by Gasteiger charge is 2.36. The van der Waals surface area contributed by atoms with Crippen LogP contribution in [-0.2, 0) is 19.0 Å². The number of nitrogens with zero attached hydrogens (tertiary/aromatic N) is 1. The van der Waals surface area contributed by atoms with Crippen molar-refractivity contribution in [2.45, 2.75) is 58.6 Å². The summed E-state index contributed by atoms with van der Waals surface area (Å²) >= 11 is 0. The van der Waals surface area contributed by atoms with E-state index in [-0.39, 0.29) is 6.61 Å². The Morgan fingerprint density at radius 1 is 1.19 bits per heavy atom. The van der Waals surface area contributed by atoms with Gasteiger partial charge in [0.25, 0.3) is 0 Å². The van der Waals surface area contributed by atoms with Crippen molar-refractivity contribution in [3.05, 3.63) is 0 Å². The molecule has 0 aromatic carbocycles. The van der Waals surface area contributed by atoms with Crippen molar-refractivity contribution in [3.8, 4) is 0 Å². The van der Waals surface area contributed by atoms with E-state index in [1.54, 1.807) is 27.7 Å². The summed E-state index contributed by atoms with van der Waals surface area (Å²) in [4.78, 5) is 36.6. The molecule has 1 aliphatic rings. The summed E-state index contributed by atoms with van der Waals surface area (Å²) in [7, 11) is 0. The molecular weight excluding hydrogens is 278 g/mol. The van der Waals surface area contributed by atoms with Crippen LogP contribution < -0.4 is 0 Å². The van der Waals surface area contributed by atoms with Gasteiger partial charge in [-0.2, -0.15) is 0 Å². The zero-order chi connectivity index (χ0) is 16.0. The van der Waals surface area contributed by atoms with Crippen LogP contribution in [0.25, 0.3) is 0 Å². The third-order valence-electron chi connectivity index (χ3n) is 2.85. The zero-order valence-electron chi connectivity index (χ0n) is 13.0. The lowest BCUT2D eigenvalue weighted by atomic mass is 10.0. The van der Waals surface area contributed by atoms with Gasteiger partial charge in [0.1, 0.15) is 11.6 Å². The Kier molecular flexibility index (Phi) is 5.99. The molecule has 0 N–H and O–H groups in total. The van der Waals surface area contributed by atoms with E-state index >= 15 is 0 Å². The van der Waals surface area contributed by atoms with Crippen molar-refractivity contribution in [1.29, 1.82) is 0 Å². The van der Waals surface area contributed by atoms with E-state index in [2.05, 4.69) is 9.47 Å². The fourth-order valence-electron chi connectivity index (χ4n) is 2.01. The molecule has 21 heavy (non-hydrogen) atoms. The summed E-state index contributed by atoms with van der Waals surface area (Å²) in [5.41, 5.74) is -0.649. The van der Waals surface area contributed by atoms with Crippen LogP contribution in [0.15, 0.2) is 0 Å². The minimum atomic E-state index is -1.04. The molecule has 1 fully saturated rings. The fraction of sp³-hybridized carbons (Fsp3) is 0.786. The number of piperidine rings is 1. The van der Waals surface area contributed by atoms with Crippen LogP contribution in [0.5, 0.6) is 0 Å². The van der Waals surface area contributed by atoms with E-state index in [0.29, 0.717) is 13.0 Å². The Bertz CT molecular complexity index is 401. The number of carbonyl (C=O) groups excluding carboxylic acids is 3. The van der Waals surface area contributed by atoms with Crippen LogP contribution in [0.1, 0.15) is 47.0 Å². The number of carbonyl (C=O) groups is 3. The molecule has 0 bridgehead atoms. The van der Waals surface area contributed by atoms with Gasteiger partial charge < -0.3 is 14.2 Å². The first-order valence-corrected chi connectivity index (χ1v) is 7.12. The second-order valence-electron chi connectivity index (χ2n) is 5.79. The molecular formula is C14H23NO6. The number of likely N-dealkylation sites (tertiary alicyclic amines) is 1. The maximum Gasteiger partial charge on any atom is 0.516 e. The quantitative estimate of drug-likeness (QED) is 0.575. The van der Waals surface area contributed by atoms with E-state index in [1.807, 2.05) is 0 Å². The smallest absolute Gasteiger partial charge is 0.444 e. The molecule has 1 aliphatic heterocycles. The van der Waals surface area contributed by atoms with Crippen LogP contribution in [0, 0.1) is 0 Å². The Balaban J connectivity index is 2.70. The van der Waals surface area contributed by atoms with Crippen molar-refractivity contribution in [1.82, 2.24) is 4.90 Å². The van der Waals surface area contributed by atoms with Crippen LogP contribution >= 0.6 is 0 Å². The summed E-state index contributed by atoms with van der Waals surface area (Å²) in [5.74, 6) is -0.779. The highest BCUT2D eigenvalue weighted by Crippen LogP contribution is 2.21. The molecule has 1 saturated heterocycles. The Hall–Kier alpha value is -1.79. The number of rotatable bonds is 2. The molecule has 0 radical (unpaired) electrons. The number of amides is 1. The van der Waals surface area contributed by atoms with Crippen molar-refractivity contribution in [3.63, 3.8) is 0 Å². The molecule has 1 atom stereocenters. The molecule has 0 aromatic heterocycles. The summed E-state index contributed by atoms with van der Waals surface area (Å²) < 4.78 is 14.4. The third kappa shape index (κ3) is 5.61. The lowest BCUT2D eigenvalue weighted by Gasteiger charge is -2.34. The Labute approximate surface area is 124 Å². The predicted octanol–water partition coefficient (Wildman–Crippen LogP) is 2.48. The van der Waals surface area contributed by atoms with Gasteiger partial charge in [0, 0.05) is 6.54 Å². The largest absolute Gasteiger partial charge is 0.516 e. The molecule has 1 rings (SSSR count). The molecule has 0 spiro atoms. The maximum absolute atomic E-state index is 12.1. The number of esters is 1. The predicted molar refractivity (Wildman–Crippen MR) is 73.7 cm³/mol. The van der Waals surface area contributed by atoms with E-state index in [9.17, 15) is 14.4 Å². The van der Waals surface area contributed by atoms with Gasteiger partial charge in [-0.25, -0.2) is 14.4 Å². The minimum absolute atomic E-state index is 0.118. The number of hydrogen-bond acceptors (Lipinski definition) is 6. The van der Waals surface area contributed by atoms with Crippen molar-refractivity contribution < 1.29 is 28.6 Å². The van der Waals surface area contributed by atoms with E-state index < -0.39 is 29.9 Å². The fourth-order valence-corrected chi connectivity index (χ4v) is 2.01. The first-order valence-electron chi connectivity index (χ1n) is 7.12. The first-order chi connectivity index (χ1) is 9.74. The van der Waals surface area contributed by atoms with Gasteiger partial charge in [0.2, 0.25) is 0 Å². The molecule has 1 unspecified atom stereocenters. The summed E-state index contributed by atoms with van der Waals surface area (Å²) in [6.07, 6.45) is 0.382. The van der Waals surface area contributed by atoms with Crippen LogP contribution in [0.2, 0.25) is 0 Å². The Morgan fingerprint density at radius 3 is 2.43 bits per heavy atom. The third-order valence-corrected chi connectivity index (χ3v) is 2.85. The average Bonchev–Trinajstić information content (AvgIpc) is 2.36. The van der Waals surface area contributed by atoms with Crippen molar-refractivity contribution >= 4 is 18.2 Å². The topological polar surface area (TPSA) is 82.1 Å². The molecule has 7 heteroatoms. The highest BCUT2D eigenvalue weighted by atomic mass is 16.7. The van der Waals surface area contributed by atoms with Gasteiger partial charge in [0.05, 0.1) is 6.61 Å². The molecule has 1 amide bonds. The summed E-state index contributed by atoms with van der Waals surface area (Å²) in [5, 5.41) is 0. The first kappa shape index (κ1) is 17.3. The summed E-state index contributed by atoms with van der Waals surface area (Å²) in [6, 6.07) is -0.807.